The number of aromatic nitrogens is 5. The van der Waals surface area contributed by atoms with Crippen molar-refractivity contribution < 1.29 is 0 Å². The van der Waals surface area contributed by atoms with Crippen molar-refractivity contribution in [2.24, 2.45) is 0 Å². The molecule has 0 spiro atoms. The fourth-order valence-electron chi connectivity index (χ4n) is 14.0. The molecular weight excluding hydrogens is 1190 g/mol. The molecule has 0 radical (unpaired) electrons. The van der Waals surface area contributed by atoms with Gasteiger partial charge < -0.3 is 9.13 Å². The van der Waals surface area contributed by atoms with Crippen molar-refractivity contribution in [3.8, 4) is 142 Å². The van der Waals surface area contributed by atoms with Crippen LogP contribution >= 0.6 is 0 Å². The van der Waals surface area contributed by atoms with Crippen molar-refractivity contribution in [2.75, 3.05) is 0 Å². The van der Waals surface area contributed by atoms with Crippen LogP contribution in [0.5, 0.6) is 0 Å². The molecule has 0 aliphatic rings. The number of hydrogen-bond donors (Lipinski definition) is 0. The Morgan fingerprint density at radius 1 is 0.214 bits per heavy atom. The van der Waals surface area contributed by atoms with Crippen LogP contribution in [-0.2, 0) is 0 Å². The zero-order chi connectivity index (χ0) is 65.6. The van der Waals surface area contributed by atoms with Gasteiger partial charge in [0.15, 0.2) is 17.5 Å². The van der Waals surface area contributed by atoms with E-state index in [1.54, 1.807) is 0 Å². The maximum Gasteiger partial charge on any atom is 0.164 e. The molecular formula is C90H54N8. The van der Waals surface area contributed by atoms with E-state index in [0.717, 1.165) is 127 Å². The first-order valence-electron chi connectivity index (χ1n) is 32.5. The second kappa shape index (κ2) is 24.6. The van der Waals surface area contributed by atoms with Crippen LogP contribution in [0.1, 0.15) is 16.7 Å². The van der Waals surface area contributed by atoms with E-state index in [9.17, 15) is 15.8 Å². The van der Waals surface area contributed by atoms with Gasteiger partial charge in [-0.3, -0.25) is 0 Å². The number of hydrogen-bond acceptors (Lipinski definition) is 6. The number of nitrogens with zero attached hydrogens (tertiary/aromatic N) is 8. The third-order valence-electron chi connectivity index (χ3n) is 18.7. The van der Waals surface area contributed by atoms with Crippen LogP contribution in [0.15, 0.2) is 328 Å². The minimum absolute atomic E-state index is 0.375. The average molecular weight is 1250 g/mol. The first-order valence-corrected chi connectivity index (χ1v) is 32.5. The van der Waals surface area contributed by atoms with Crippen LogP contribution in [0.2, 0.25) is 0 Å². The number of fused-ring (bicyclic) bond motifs is 6. The Balaban J connectivity index is 0.902. The Kier molecular flexibility index (Phi) is 14.5. The van der Waals surface area contributed by atoms with Crippen LogP contribution in [0.25, 0.3) is 167 Å². The molecule has 0 atom stereocenters. The molecule has 0 fully saturated rings. The van der Waals surface area contributed by atoms with Gasteiger partial charge >= 0.3 is 0 Å². The van der Waals surface area contributed by atoms with E-state index in [1.807, 2.05) is 115 Å². The van der Waals surface area contributed by atoms with E-state index in [4.69, 9.17) is 15.0 Å². The van der Waals surface area contributed by atoms with Gasteiger partial charge in [-0.1, -0.05) is 212 Å². The zero-order valence-electron chi connectivity index (χ0n) is 52.8. The van der Waals surface area contributed by atoms with E-state index in [2.05, 4.69) is 240 Å². The van der Waals surface area contributed by atoms with E-state index < -0.39 is 0 Å². The quantitative estimate of drug-likeness (QED) is 0.120. The lowest BCUT2D eigenvalue weighted by Gasteiger charge is -2.18. The second-order valence-electron chi connectivity index (χ2n) is 24.4. The Morgan fingerprint density at radius 3 is 0.908 bits per heavy atom. The third-order valence-corrected chi connectivity index (χ3v) is 18.7. The largest absolute Gasteiger partial charge is 0.309 e. The minimum atomic E-state index is 0.375. The number of nitriles is 3. The standard InChI is InChI=1S/C90H54N8/c91-55-58-32-34-63(35-33-58)64-28-17-29-69(48-64)88-94-89(76-42-40-72(53-78(76)74-30-15-13-26-70(74)56-92)97-84-44-36-65(59-18-5-1-6-19-59)49-80(84)81-50-66(37-45-85(81)97)60-20-7-2-8-21-60)96-90(95-88)77-43-41-73(54-79(77)75-31-16-14-27-71(75)57-93)98-86-46-38-67(61-22-9-3-10-23-61)51-82(86)83-52-68(39-47-87(83)98)62-24-11-4-12-25-62/h1-54H. The summed E-state index contributed by atoms with van der Waals surface area (Å²) < 4.78 is 4.63. The number of benzene rings is 14. The van der Waals surface area contributed by atoms with Gasteiger partial charge in [-0.25, -0.2) is 15.0 Å². The van der Waals surface area contributed by atoms with Gasteiger partial charge in [-0.2, -0.15) is 15.8 Å². The molecule has 0 saturated carbocycles. The summed E-state index contributed by atoms with van der Waals surface area (Å²) in [5, 5.41) is 36.2. The van der Waals surface area contributed by atoms with Gasteiger partial charge in [0.1, 0.15) is 0 Å². The van der Waals surface area contributed by atoms with Gasteiger partial charge in [0.05, 0.1) is 57.0 Å². The average Bonchev–Trinajstić information content (AvgIpc) is 1.49. The topological polar surface area (TPSA) is 120 Å². The molecule has 8 nitrogen and oxygen atoms in total. The molecule has 0 unspecified atom stereocenters. The first-order chi connectivity index (χ1) is 48.4. The van der Waals surface area contributed by atoms with Gasteiger partial charge in [0.25, 0.3) is 0 Å². The SMILES string of the molecule is N#Cc1ccc(-c2cccc(-c3nc(-c4ccc(-n5c6ccc(-c7ccccc7)cc6c6cc(-c7ccccc7)ccc65)cc4-c4ccccc4C#N)nc(-c4ccc(-n5c6ccc(-c7ccccc7)cc6c6cc(-c7ccccc7)ccc65)cc4-c4ccccc4C#N)n3)c2)cc1. The third kappa shape index (κ3) is 10.4. The zero-order valence-corrected chi connectivity index (χ0v) is 52.8. The summed E-state index contributed by atoms with van der Waals surface area (Å²) in [6.07, 6.45) is 0. The van der Waals surface area contributed by atoms with Crippen molar-refractivity contribution in [2.45, 2.75) is 0 Å². The molecule has 0 bridgehead atoms. The highest BCUT2D eigenvalue weighted by Gasteiger charge is 2.25. The normalized spacial score (nSPS) is 11.2. The maximum atomic E-state index is 11.0. The molecule has 0 aliphatic heterocycles. The molecule has 8 heteroatoms. The minimum Gasteiger partial charge on any atom is -0.309 e. The van der Waals surface area contributed by atoms with Crippen LogP contribution in [0.3, 0.4) is 0 Å². The van der Waals surface area contributed by atoms with Crippen LogP contribution in [-0.4, -0.2) is 24.1 Å². The molecule has 0 N–H and O–H groups in total. The molecule has 3 heterocycles. The molecule has 3 aromatic heterocycles. The predicted molar refractivity (Wildman–Crippen MR) is 397 cm³/mol. The van der Waals surface area contributed by atoms with Crippen molar-refractivity contribution in [3.05, 3.63) is 344 Å². The Bertz CT molecular complexity index is 5610. The summed E-state index contributed by atoms with van der Waals surface area (Å²) in [5.41, 5.74) is 23.2. The molecule has 0 saturated heterocycles. The Labute approximate surface area is 566 Å². The smallest absolute Gasteiger partial charge is 0.164 e. The summed E-state index contributed by atoms with van der Waals surface area (Å²) in [7, 11) is 0. The molecule has 454 valence electrons. The van der Waals surface area contributed by atoms with Crippen LogP contribution < -0.4 is 0 Å². The van der Waals surface area contributed by atoms with Gasteiger partial charge in [0.2, 0.25) is 0 Å². The Morgan fingerprint density at radius 2 is 0.531 bits per heavy atom. The highest BCUT2D eigenvalue weighted by atomic mass is 15.0. The highest BCUT2D eigenvalue weighted by molar-refractivity contribution is 6.13. The summed E-state index contributed by atoms with van der Waals surface area (Å²) in [6.45, 7) is 0. The van der Waals surface area contributed by atoms with E-state index >= 15 is 0 Å². The van der Waals surface area contributed by atoms with Crippen molar-refractivity contribution in [1.82, 2.24) is 24.1 Å². The predicted octanol–water partition coefficient (Wildman–Crippen LogP) is 22.4. The molecule has 0 amide bonds. The summed E-state index contributed by atoms with van der Waals surface area (Å²) in [5.74, 6) is 1.16. The number of rotatable bonds is 12. The van der Waals surface area contributed by atoms with Gasteiger partial charge in [0, 0.05) is 60.7 Å². The van der Waals surface area contributed by atoms with E-state index in [0.29, 0.717) is 56.4 Å². The highest BCUT2D eigenvalue weighted by Crippen LogP contribution is 2.44. The van der Waals surface area contributed by atoms with Crippen LogP contribution in [0.4, 0.5) is 0 Å². The second-order valence-corrected chi connectivity index (χ2v) is 24.4. The summed E-state index contributed by atoms with van der Waals surface area (Å²) in [6, 6.07) is 120. The maximum absolute atomic E-state index is 11.0. The van der Waals surface area contributed by atoms with Crippen molar-refractivity contribution >= 4 is 43.6 Å². The first kappa shape index (κ1) is 58.0. The molecule has 14 aromatic carbocycles. The molecule has 0 aliphatic carbocycles. The van der Waals surface area contributed by atoms with E-state index in [-0.39, 0.29) is 0 Å². The summed E-state index contributed by atoms with van der Waals surface area (Å²) in [4.78, 5) is 16.6. The lowest BCUT2D eigenvalue weighted by molar-refractivity contribution is 1.07. The lowest BCUT2D eigenvalue weighted by atomic mass is 9.93. The molecule has 17 rings (SSSR count). The van der Waals surface area contributed by atoms with Crippen molar-refractivity contribution in [1.29, 1.82) is 15.8 Å². The Hall–Kier alpha value is -13.8. The van der Waals surface area contributed by atoms with E-state index in [1.165, 1.54) is 0 Å². The van der Waals surface area contributed by atoms with Gasteiger partial charge in [-0.05, 0) is 182 Å². The van der Waals surface area contributed by atoms with Gasteiger partial charge in [-0.15, -0.1) is 0 Å². The fraction of sp³-hybridized carbons (Fsp3) is 0. The molecule has 98 heavy (non-hydrogen) atoms. The fourth-order valence-corrected chi connectivity index (χ4v) is 14.0. The summed E-state index contributed by atoms with van der Waals surface area (Å²) >= 11 is 0. The van der Waals surface area contributed by atoms with Crippen molar-refractivity contribution in [3.63, 3.8) is 0 Å². The monoisotopic (exact) mass is 1250 g/mol. The van der Waals surface area contributed by atoms with Crippen LogP contribution in [0, 0.1) is 34.0 Å². The molecule has 17 aromatic rings. The lowest BCUT2D eigenvalue weighted by Crippen LogP contribution is -2.04.